The van der Waals surface area contributed by atoms with Gasteiger partial charge in [-0.1, -0.05) is 52.0 Å². The van der Waals surface area contributed by atoms with Crippen molar-refractivity contribution in [2.45, 2.75) is 47.0 Å². The summed E-state index contributed by atoms with van der Waals surface area (Å²) in [5.74, 6) is 0.672. The number of para-hydroxylation sites is 1. The van der Waals surface area contributed by atoms with Crippen LogP contribution in [-0.2, 0) is 16.8 Å². The number of aryl methyl sites for hydroxylation is 1. The Labute approximate surface area is 177 Å². The van der Waals surface area contributed by atoms with Crippen LogP contribution in [0.1, 0.15) is 46.1 Å². The molecule has 0 spiro atoms. The van der Waals surface area contributed by atoms with Crippen LogP contribution in [0.2, 0.25) is 0 Å². The lowest BCUT2D eigenvalue weighted by Crippen LogP contribution is -2.12. The van der Waals surface area contributed by atoms with Crippen molar-refractivity contribution in [1.82, 2.24) is 4.73 Å². The Morgan fingerprint density at radius 1 is 1.03 bits per heavy atom. The first-order chi connectivity index (χ1) is 13.8. The molecule has 164 valence electrons. The Kier molecular flexibility index (Phi) is 7.28. The number of benzene rings is 2. The molecule has 0 bridgehead atoms. The lowest BCUT2D eigenvalue weighted by Gasteiger charge is -2.23. The van der Waals surface area contributed by atoms with Crippen LogP contribution in [0.15, 0.2) is 42.5 Å². The van der Waals surface area contributed by atoms with Gasteiger partial charge in [-0.05, 0) is 54.4 Å². The van der Waals surface area contributed by atoms with Gasteiger partial charge in [-0.15, -0.1) is 0 Å². The van der Waals surface area contributed by atoms with Crippen LogP contribution in [0, 0.1) is 16.7 Å². The molecular formula is C22H30N2O5S. The number of rotatable bonds is 4. The van der Waals surface area contributed by atoms with E-state index in [-0.39, 0.29) is 0 Å². The molecule has 1 unspecified atom stereocenters. The van der Waals surface area contributed by atoms with Gasteiger partial charge in [0.25, 0.3) is 0 Å². The fourth-order valence-electron chi connectivity index (χ4n) is 3.83. The molecule has 0 aliphatic carbocycles. The van der Waals surface area contributed by atoms with Gasteiger partial charge in [0.2, 0.25) is 0 Å². The van der Waals surface area contributed by atoms with E-state index in [0.29, 0.717) is 27.7 Å². The van der Waals surface area contributed by atoms with Crippen LogP contribution in [0.4, 0.5) is 0 Å². The fourth-order valence-corrected chi connectivity index (χ4v) is 3.83. The van der Waals surface area contributed by atoms with Crippen LogP contribution in [0.3, 0.4) is 0 Å². The molecule has 0 aliphatic heterocycles. The molecule has 3 rings (SSSR count). The van der Waals surface area contributed by atoms with Crippen molar-refractivity contribution in [3.63, 3.8) is 0 Å². The van der Waals surface area contributed by atoms with Gasteiger partial charge in [0.15, 0.2) is 0 Å². The van der Waals surface area contributed by atoms with Crippen molar-refractivity contribution in [2.24, 2.45) is 11.3 Å². The van der Waals surface area contributed by atoms with Gasteiger partial charge in [0.05, 0.1) is 16.4 Å². The molecule has 0 radical (unpaired) electrons. The van der Waals surface area contributed by atoms with Crippen molar-refractivity contribution >= 4 is 32.2 Å². The van der Waals surface area contributed by atoms with Gasteiger partial charge in [-0.2, -0.15) is 13.1 Å². The lowest BCUT2D eigenvalue weighted by atomic mass is 9.83. The first-order valence-electron chi connectivity index (χ1n) is 9.76. The second-order valence-electron chi connectivity index (χ2n) is 8.91. The number of nitrogens with zero attached hydrogens (tertiary/aromatic N) is 1. The number of fused-ring (bicyclic) bond motifs is 2. The Balaban J connectivity index is 0.000000575. The van der Waals surface area contributed by atoms with Gasteiger partial charge in [0.1, 0.15) is 0 Å². The zero-order chi connectivity index (χ0) is 22.7. The summed E-state index contributed by atoms with van der Waals surface area (Å²) in [6.07, 6.45) is 3.36. The van der Waals surface area contributed by atoms with E-state index in [1.54, 1.807) is 0 Å². The summed E-state index contributed by atoms with van der Waals surface area (Å²) in [4.78, 5) is 0. The minimum atomic E-state index is -4.67. The molecule has 3 aromatic rings. The minimum Gasteiger partial charge on any atom is -0.428 e. The Bertz CT molecular complexity index is 1190. The number of hydrogen-bond acceptors (Lipinski definition) is 4. The van der Waals surface area contributed by atoms with Gasteiger partial charge in [-0.25, -0.2) is 0 Å². The highest BCUT2D eigenvalue weighted by molar-refractivity contribution is 7.79. The molecule has 0 fully saturated rings. The SMILES string of the molecule is CC(CCc1ccc2c(c1)c(=N)c1ccccc1n2O)CC(C)(C)C.O=S(=O)(O)O. The third kappa shape index (κ3) is 6.83. The zero-order valence-corrected chi connectivity index (χ0v) is 18.6. The smallest absolute Gasteiger partial charge is 0.394 e. The Morgan fingerprint density at radius 2 is 1.60 bits per heavy atom. The second-order valence-corrected chi connectivity index (χ2v) is 9.81. The van der Waals surface area contributed by atoms with Crippen molar-refractivity contribution in [3.05, 3.63) is 53.4 Å². The van der Waals surface area contributed by atoms with Crippen LogP contribution >= 0.6 is 0 Å². The minimum absolute atomic E-state index is 0.360. The van der Waals surface area contributed by atoms with E-state index < -0.39 is 10.4 Å². The third-order valence-corrected chi connectivity index (χ3v) is 4.85. The Hall–Kier alpha value is -2.42. The molecule has 1 aromatic heterocycles. The van der Waals surface area contributed by atoms with Crippen molar-refractivity contribution in [3.8, 4) is 0 Å². The highest BCUT2D eigenvalue weighted by Crippen LogP contribution is 2.27. The summed E-state index contributed by atoms with van der Waals surface area (Å²) < 4.78 is 32.8. The molecule has 4 N–H and O–H groups in total. The van der Waals surface area contributed by atoms with E-state index in [9.17, 15) is 5.21 Å². The van der Waals surface area contributed by atoms with Gasteiger partial charge >= 0.3 is 10.4 Å². The van der Waals surface area contributed by atoms with E-state index in [2.05, 4.69) is 39.8 Å². The molecule has 7 nitrogen and oxygen atoms in total. The molecule has 30 heavy (non-hydrogen) atoms. The summed E-state index contributed by atoms with van der Waals surface area (Å²) >= 11 is 0. The summed E-state index contributed by atoms with van der Waals surface area (Å²) in [6, 6.07) is 13.6. The molecule has 2 aromatic carbocycles. The topological polar surface area (TPSA) is 124 Å². The quantitative estimate of drug-likeness (QED) is 0.265. The first-order valence-corrected chi connectivity index (χ1v) is 11.2. The third-order valence-electron chi connectivity index (χ3n) is 4.85. The van der Waals surface area contributed by atoms with E-state index in [1.165, 1.54) is 16.7 Å². The predicted octanol–water partition coefficient (Wildman–Crippen LogP) is 4.86. The van der Waals surface area contributed by atoms with Crippen LogP contribution < -0.4 is 5.36 Å². The van der Waals surface area contributed by atoms with E-state index in [0.717, 1.165) is 23.6 Å². The number of aromatic nitrogens is 1. The maximum absolute atomic E-state index is 10.5. The predicted molar refractivity (Wildman–Crippen MR) is 118 cm³/mol. The van der Waals surface area contributed by atoms with Gasteiger partial charge < -0.3 is 5.21 Å². The van der Waals surface area contributed by atoms with Crippen LogP contribution in [-0.4, -0.2) is 27.5 Å². The summed E-state index contributed by atoms with van der Waals surface area (Å²) in [5, 5.41) is 21.1. The van der Waals surface area contributed by atoms with E-state index in [1.807, 2.05) is 30.3 Å². The highest BCUT2D eigenvalue weighted by Gasteiger charge is 2.15. The fraction of sp³-hybridized carbons (Fsp3) is 0.409. The van der Waals surface area contributed by atoms with Crippen molar-refractivity contribution in [2.75, 3.05) is 0 Å². The molecule has 0 saturated heterocycles. The summed E-state index contributed by atoms with van der Waals surface area (Å²) in [5.41, 5.74) is 2.96. The van der Waals surface area contributed by atoms with Crippen LogP contribution in [0.5, 0.6) is 0 Å². The van der Waals surface area contributed by atoms with E-state index >= 15 is 0 Å². The maximum atomic E-state index is 10.5. The average Bonchev–Trinajstić information content (AvgIpc) is 2.61. The second kappa shape index (κ2) is 9.16. The molecule has 8 heteroatoms. The Morgan fingerprint density at radius 3 is 2.20 bits per heavy atom. The summed E-state index contributed by atoms with van der Waals surface area (Å²) in [6.45, 7) is 9.18. The highest BCUT2D eigenvalue weighted by atomic mass is 32.3. The van der Waals surface area contributed by atoms with Crippen LogP contribution in [0.25, 0.3) is 21.8 Å². The molecule has 0 amide bonds. The molecule has 0 aliphatic rings. The molecular weight excluding hydrogens is 404 g/mol. The monoisotopic (exact) mass is 434 g/mol. The standard InChI is InChI=1S/C22H28N2O.H2O4S/c1-15(14-22(2,3)4)9-10-16-11-12-20-18(13-16)21(23)17-7-5-6-8-19(17)24(20)25;1-5(2,3)4/h5-8,11-13,15,23,25H,9-10,14H2,1-4H3;(H2,1,2,3,4). The average molecular weight is 435 g/mol. The van der Waals surface area contributed by atoms with E-state index in [4.69, 9.17) is 22.9 Å². The first kappa shape index (κ1) is 23.9. The number of nitrogens with one attached hydrogen (secondary N) is 1. The normalized spacial score (nSPS) is 13.1. The maximum Gasteiger partial charge on any atom is 0.394 e. The number of hydrogen-bond donors (Lipinski definition) is 4. The molecule has 1 heterocycles. The molecule has 1 atom stereocenters. The van der Waals surface area contributed by atoms with Gasteiger partial charge in [0, 0.05) is 10.8 Å². The molecule has 0 saturated carbocycles. The largest absolute Gasteiger partial charge is 0.428 e. The van der Waals surface area contributed by atoms with Crippen molar-refractivity contribution in [1.29, 1.82) is 5.41 Å². The summed E-state index contributed by atoms with van der Waals surface area (Å²) in [7, 11) is -4.67. The lowest BCUT2D eigenvalue weighted by molar-refractivity contribution is 0.211. The zero-order valence-electron chi connectivity index (χ0n) is 17.8. The number of pyridine rings is 1. The van der Waals surface area contributed by atoms with Crippen molar-refractivity contribution < 1.29 is 22.7 Å². The van der Waals surface area contributed by atoms with Gasteiger partial charge in [-0.3, -0.25) is 14.5 Å².